The molecule has 0 atom stereocenters. The zero-order valence-electron chi connectivity index (χ0n) is 3.95. The van der Waals surface area contributed by atoms with Gasteiger partial charge in [-0.1, -0.05) is 23.2 Å². The highest BCUT2D eigenvalue weighted by atomic mass is 35.5. The van der Waals surface area contributed by atoms with Gasteiger partial charge in [-0.2, -0.15) is 0 Å². The van der Waals surface area contributed by atoms with Gasteiger partial charge in [-0.3, -0.25) is 0 Å². The van der Waals surface area contributed by atoms with E-state index in [0.717, 1.165) is 5.69 Å². The molecule has 0 saturated carbocycles. The summed E-state index contributed by atoms with van der Waals surface area (Å²) >= 11 is 12.5. The maximum absolute atomic E-state index is 5.60. The molecule has 0 aliphatic rings. The molecular formula is C4H4Cl2NS+. The molecule has 44 valence electrons. The number of halogens is 2. The second kappa shape index (κ2) is 2.23. The molecular weight excluding hydrogens is 165 g/mol. The molecule has 0 unspecified atom stereocenters. The van der Waals surface area contributed by atoms with E-state index in [4.69, 9.17) is 23.2 Å². The Kier molecular flexibility index (Phi) is 1.77. The molecule has 0 aliphatic heterocycles. The van der Waals surface area contributed by atoms with Crippen molar-refractivity contribution in [2.75, 3.05) is 0 Å². The smallest absolute Gasteiger partial charge is 0.159 e. The third kappa shape index (κ3) is 1.14. The lowest BCUT2D eigenvalue weighted by atomic mass is 10.6. The molecule has 0 aliphatic carbocycles. The van der Waals surface area contributed by atoms with Gasteiger partial charge < -0.3 is 5.73 Å². The highest BCUT2D eigenvalue weighted by molar-refractivity contribution is 7.20. The maximum Gasteiger partial charge on any atom is 0.159 e. The summed E-state index contributed by atoms with van der Waals surface area (Å²) in [5.74, 6) is 0. The van der Waals surface area contributed by atoms with Crippen LogP contribution in [0.3, 0.4) is 0 Å². The van der Waals surface area contributed by atoms with E-state index in [0.29, 0.717) is 8.67 Å². The van der Waals surface area contributed by atoms with Gasteiger partial charge in [0.05, 0.1) is 0 Å². The Morgan fingerprint density at radius 3 is 2.25 bits per heavy atom. The van der Waals surface area contributed by atoms with Crippen molar-refractivity contribution in [3.63, 3.8) is 0 Å². The molecule has 0 bridgehead atoms. The molecule has 0 spiro atoms. The first-order chi connectivity index (χ1) is 3.70. The van der Waals surface area contributed by atoms with Crippen molar-refractivity contribution in [3.05, 3.63) is 14.7 Å². The van der Waals surface area contributed by atoms with E-state index >= 15 is 0 Å². The SMILES string of the molecule is [NH3+]c1cc(Cl)sc1Cl. The minimum atomic E-state index is 0.676. The average Bonchev–Trinajstić information content (AvgIpc) is 1.85. The molecule has 1 nitrogen and oxygen atoms in total. The first-order valence-corrected chi connectivity index (χ1v) is 3.54. The highest BCUT2D eigenvalue weighted by Gasteiger charge is 2.02. The van der Waals surface area contributed by atoms with Crippen LogP contribution in [0.1, 0.15) is 0 Å². The Balaban J connectivity index is 3.14. The molecule has 1 aromatic heterocycles. The lowest BCUT2D eigenvalue weighted by Gasteiger charge is -1.72. The van der Waals surface area contributed by atoms with Gasteiger partial charge in [0.2, 0.25) is 0 Å². The summed E-state index contributed by atoms with van der Waals surface area (Å²) in [6, 6.07) is 1.74. The monoisotopic (exact) mass is 168 g/mol. The number of quaternary nitrogens is 1. The van der Waals surface area contributed by atoms with Crippen LogP contribution in [0.5, 0.6) is 0 Å². The van der Waals surface area contributed by atoms with Crippen LogP contribution in [0.15, 0.2) is 6.07 Å². The van der Waals surface area contributed by atoms with Crippen LogP contribution in [0, 0.1) is 0 Å². The summed E-state index contributed by atoms with van der Waals surface area (Å²) in [7, 11) is 0. The largest absolute Gasteiger partial charge is 0.323 e. The van der Waals surface area contributed by atoms with Gasteiger partial charge in [-0.05, 0) is 0 Å². The summed E-state index contributed by atoms with van der Waals surface area (Å²) in [6.07, 6.45) is 0. The summed E-state index contributed by atoms with van der Waals surface area (Å²) in [6.45, 7) is 0. The highest BCUT2D eigenvalue weighted by Crippen LogP contribution is 2.31. The lowest BCUT2D eigenvalue weighted by Crippen LogP contribution is -2.39. The zero-order valence-corrected chi connectivity index (χ0v) is 6.28. The quantitative estimate of drug-likeness (QED) is 0.614. The van der Waals surface area contributed by atoms with Gasteiger partial charge in [-0.25, -0.2) is 0 Å². The van der Waals surface area contributed by atoms with Gasteiger partial charge >= 0.3 is 0 Å². The van der Waals surface area contributed by atoms with Crippen LogP contribution < -0.4 is 5.73 Å². The van der Waals surface area contributed by atoms with Crippen molar-refractivity contribution in [2.24, 2.45) is 0 Å². The molecule has 0 saturated heterocycles. The van der Waals surface area contributed by atoms with Crippen LogP contribution in [0.2, 0.25) is 8.67 Å². The second-order valence-corrected chi connectivity index (χ2v) is 3.64. The van der Waals surface area contributed by atoms with E-state index < -0.39 is 0 Å². The Hall–Kier alpha value is 0.240. The van der Waals surface area contributed by atoms with Crippen molar-refractivity contribution in [1.82, 2.24) is 0 Å². The Bertz CT molecular complexity index is 176. The van der Waals surface area contributed by atoms with Crippen molar-refractivity contribution < 1.29 is 5.73 Å². The predicted octanol–water partition coefficient (Wildman–Crippen LogP) is 1.93. The average molecular weight is 169 g/mol. The molecule has 0 aromatic carbocycles. The maximum atomic E-state index is 5.60. The molecule has 0 fully saturated rings. The van der Waals surface area contributed by atoms with Gasteiger partial charge in [0.15, 0.2) is 10.0 Å². The molecule has 8 heavy (non-hydrogen) atoms. The molecule has 0 amide bonds. The van der Waals surface area contributed by atoms with E-state index in [-0.39, 0.29) is 0 Å². The van der Waals surface area contributed by atoms with Crippen molar-refractivity contribution in [2.45, 2.75) is 0 Å². The number of thiophene rings is 1. The predicted molar refractivity (Wildman–Crippen MR) is 36.9 cm³/mol. The van der Waals surface area contributed by atoms with Gasteiger partial charge in [0.25, 0.3) is 0 Å². The molecule has 0 radical (unpaired) electrons. The van der Waals surface area contributed by atoms with E-state index in [1.807, 2.05) is 0 Å². The molecule has 3 N–H and O–H groups in total. The van der Waals surface area contributed by atoms with Crippen LogP contribution in [0.4, 0.5) is 5.69 Å². The molecule has 1 rings (SSSR count). The minimum Gasteiger partial charge on any atom is -0.323 e. The van der Waals surface area contributed by atoms with Crippen LogP contribution >= 0.6 is 34.5 Å². The van der Waals surface area contributed by atoms with Crippen molar-refractivity contribution in [3.8, 4) is 0 Å². The summed E-state index contributed by atoms with van der Waals surface area (Å²) < 4.78 is 1.37. The fourth-order valence-corrected chi connectivity index (χ4v) is 1.72. The van der Waals surface area contributed by atoms with Gasteiger partial charge in [-0.15, -0.1) is 11.3 Å². The molecule has 1 aromatic rings. The number of hydrogen-bond acceptors (Lipinski definition) is 1. The topological polar surface area (TPSA) is 27.6 Å². The standard InChI is InChI=1S/C4H3Cl2NS/c5-3-1-2(7)4(6)8-3/h1H,7H2/p+1. The third-order valence-electron chi connectivity index (χ3n) is 0.727. The van der Waals surface area contributed by atoms with Crippen molar-refractivity contribution in [1.29, 1.82) is 0 Å². The summed E-state index contributed by atoms with van der Waals surface area (Å²) in [5, 5.41) is 0. The lowest BCUT2D eigenvalue weighted by molar-refractivity contribution is -0.254. The first kappa shape index (κ1) is 6.36. The molecule has 1 heterocycles. The van der Waals surface area contributed by atoms with E-state index in [1.54, 1.807) is 6.07 Å². The number of rotatable bonds is 0. The van der Waals surface area contributed by atoms with Crippen LogP contribution in [-0.2, 0) is 0 Å². The fraction of sp³-hybridized carbons (Fsp3) is 0. The molecule has 4 heteroatoms. The fourth-order valence-electron chi connectivity index (χ4n) is 0.374. The second-order valence-electron chi connectivity index (χ2n) is 1.35. The third-order valence-corrected chi connectivity index (χ3v) is 2.30. The number of hydrogen-bond donors (Lipinski definition) is 1. The van der Waals surface area contributed by atoms with Gasteiger partial charge in [0, 0.05) is 6.07 Å². The van der Waals surface area contributed by atoms with Crippen molar-refractivity contribution >= 4 is 40.2 Å². The Labute approximate surface area is 61.0 Å². The van der Waals surface area contributed by atoms with E-state index in [9.17, 15) is 0 Å². The zero-order chi connectivity index (χ0) is 6.15. The Morgan fingerprint density at radius 1 is 1.50 bits per heavy atom. The Morgan fingerprint density at radius 2 is 2.12 bits per heavy atom. The van der Waals surface area contributed by atoms with E-state index in [2.05, 4.69) is 5.73 Å². The summed E-state index contributed by atoms with van der Waals surface area (Å²) in [5.41, 5.74) is 4.44. The first-order valence-electron chi connectivity index (χ1n) is 1.97. The normalized spacial score (nSPS) is 9.88. The minimum absolute atomic E-state index is 0.676. The summed E-state index contributed by atoms with van der Waals surface area (Å²) in [4.78, 5) is 0. The van der Waals surface area contributed by atoms with Crippen LogP contribution in [0.25, 0.3) is 0 Å². The van der Waals surface area contributed by atoms with Crippen LogP contribution in [-0.4, -0.2) is 0 Å². The van der Waals surface area contributed by atoms with Gasteiger partial charge in [0.1, 0.15) is 4.34 Å². The van der Waals surface area contributed by atoms with E-state index in [1.165, 1.54) is 11.3 Å².